The number of aromatic nitrogens is 1. The van der Waals surface area contributed by atoms with Crippen LogP contribution in [0.25, 0.3) is 10.9 Å². The summed E-state index contributed by atoms with van der Waals surface area (Å²) < 4.78 is 92.0. The zero-order chi connectivity index (χ0) is 33.0. The van der Waals surface area contributed by atoms with E-state index in [9.17, 15) is 45.2 Å². The van der Waals surface area contributed by atoms with E-state index >= 15 is 0 Å². The first kappa shape index (κ1) is 34.4. The number of rotatable bonds is 13. The number of halogens is 7. The maximum Gasteiger partial charge on any atom is 0.455 e. The number of fused-ring (bicyclic) bond motifs is 1. The first-order chi connectivity index (χ1) is 21.1. The van der Waals surface area contributed by atoms with Crippen LogP contribution in [0, 0.1) is 0 Å². The molecule has 0 aliphatic carbocycles. The van der Waals surface area contributed by atoms with Crippen molar-refractivity contribution in [1.29, 1.82) is 0 Å². The molecule has 2 aromatic carbocycles. The lowest BCUT2D eigenvalue weighted by Crippen LogP contribution is -2.50. The van der Waals surface area contributed by atoms with Gasteiger partial charge in [0.2, 0.25) is 0 Å². The van der Waals surface area contributed by atoms with Gasteiger partial charge >= 0.3 is 12.4 Å². The van der Waals surface area contributed by atoms with E-state index in [0.717, 1.165) is 17.2 Å². The summed E-state index contributed by atoms with van der Waals surface area (Å²) >= 11 is 5.85. The molecule has 0 bridgehead atoms. The van der Waals surface area contributed by atoms with Crippen molar-refractivity contribution >= 4 is 50.7 Å². The number of carbonyl (C=O) groups is 2. The zero-order valence-corrected chi connectivity index (χ0v) is 25.1. The Morgan fingerprint density at radius 3 is 2.33 bits per heavy atom. The Labute approximate surface area is 261 Å². The van der Waals surface area contributed by atoms with Crippen LogP contribution in [0.4, 0.5) is 32.0 Å². The van der Waals surface area contributed by atoms with E-state index in [1.807, 2.05) is 0 Å². The standard InChI is InChI=1S/C30H28ClF6N3O4S/c31-20-9-11-21(12-10-20)45(44)18-28(43)15-19(16-29(32,33)34)27(42)40(28)14-6-2-1-5-13-38-25-22-7-3-4-8-24(22)39-17-23(25)26(41)30(35,36)37/h3-4,7-12,15,17,43H,1-2,5-6,13-14,16,18H2,(H,38,39). The van der Waals surface area contributed by atoms with Crippen molar-refractivity contribution in [2.75, 3.05) is 24.2 Å². The molecule has 2 atom stereocenters. The van der Waals surface area contributed by atoms with Gasteiger partial charge in [0.1, 0.15) is 0 Å². The van der Waals surface area contributed by atoms with Gasteiger partial charge in [-0.3, -0.25) is 18.8 Å². The van der Waals surface area contributed by atoms with E-state index in [1.165, 1.54) is 24.3 Å². The number of benzene rings is 2. The van der Waals surface area contributed by atoms with Crippen LogP contribution in [0.2, 0.25) is 5.02 Å². The van der Waals surface area contributed by atoms with Crippen molar-refractivity contribution in [3.63, 3.8) is 0 Å². The average Bonchev–Trinajstić information content (AvgIpc) is 3.18. The SMILES string of the molecule is O=C1C(CC(F)(F)F)=CC(O)(CS(=O)c2ccc(Cl)cc2)N1CCCCCCNc1c(C(=O)C(F)(F)F)cnc2ccccc12. The van der Waals surface area contributed by atoms with Crippen molar-refractivity contribution in [3.05, 3.63) is 77.0 Å². The van der Waals surface area contributed by atoms with Gasteiger partial charge in [0.05, 0.1) is 39.7 Å². The number of para-hydroxylation sites is 1. The van der Waals surface area contributed by atoms with Crippen LogP contribution in [0.3, 0.4) is 0 Å². The minimum absolute atomic E-state index is 0.00705. The Hall–Kier alpha value is -3.49. The number of Topliss-reactive ketones (excluding diaryl/α,β-unsaturated/α-hetero) is 1. The number of nitrogens with zero attached hydrogens (tertiary/aromatic N) is 2. The molecule has 4 rings (SSSR count). The van der Waals surface area contributed by atoms with Gasteiger partial charge in [0.25, 0.3) is 11.7 Å². The molecule has 7 nitrogen and oxygen atoms in total. The number of anilines is 1. The third kappa shape index (κ3) is 8.61. The number of carbonyl (C=O) groups excluding carboxylic acids is 2. The number of nitrogens with one attached hydrogen (secondary N) is 1. The summed E-state index contributed by atoms with van der Waals surface area (Å²) in [5, 5.41) is 14.9. The highest BCUT2D eigenvalue weighted by Crippen LogP contribution is 2.35. The largest absolute Gasteiger partial charge is 0.455 e. The summed E-state index contributed by atoms with van der Waals surface area (Å²) in [5.74, 6) is -3.58. The Morgan fingerprint density at radius 2 is 1.67 bits per heavy atom. The van der Waals surface area contributed by atoms with Gasteiger partial charge in [-0.05, 0) is 49.2 Å². The molecule has 0 saturated heterocycles. The van der Waals surface area contributed by atoms with Crippen LogP contribution in [-0.2, 0) is 15.6 Å². The first-order valence-corrected chi connectivity index (χ1v) is 15.5. The van der Waals surface area contributed by atoms with Crippen LogP contribution in [0.5, 0.6) is 0 Å². The Balaban J connectivity index is 1.37. The third-order valence-electron chi connectivity index (χ3n) is 7.09. The highest BCUT2D eigenvalue weighted by atomic mass is 35.5. The summed E-state index contributed by atoms with van der Waals surface area (Å²) in [6.07, 6.45) is -7.99. The second-order valence-electron chi connectivity index (χ2n) is 10.5. The molecule has 1 aliphatic heterocycles. The number of hydrogen-bond donors (Lipinski definition) is 2. The molecule has 15 heteroatoms. The molecule has 2 heterocycles. The number of pyridine rings is 1. The van der Waals surface area contributed by atoms with Gasteiger partial charge in [-0.2, -0.15) is 26.3 Å². The van der Waals surface area contributed by atoms with Gasteiger partial charge < -0.3 is 15.3 Å². The predicted molar refractivity (Wildman–Crippen MR) is 157 cm³/mol. The van der Waals surface area contributed by atoms with Crippen molar-refractivity contribution in [3.8, 4) is 0 Å². The van der Waals surface area contributed by atoms with E-state index in [0.29, 0.717) is 35.2 Å². The molecule has 2 unspecified atom stereocenters. The fourth-order valence-electron chi connectivity index (χ4n) is 5.01. The summed E-state index contributed by atoms with van der Waals surface area (Å²) in [4.78, 5) is 30.0. The quantitative estimate of drug-likeness (QED) is 0.117. The summed E-state index contributed by atoms with van der Waals surface area (Å²) in [6, 6.07) is 12.3. The fraction of sp³-hybridized carbons (Fsp3) is 0.367. The molecular formula is C30H28ClF6N3O4S. The molecular weight excluding hydrogens is 648 g/mol. The lowest BCUT2D eigenvalue weighted by molar-refractivity contribution is -0.145. The Bertz CT molecular complexity index is 1610. The number of alkyl halides is 6. The van der Waals surface area contributed by atoms with Gasteiger partial charge in [0, 0.05) is 40.2 Å². The molecule has 1 amide bonds. The third-order valence-corrected chi connectivity index (χ3v) is 8.83. The molecule has 2 N–H and O–H groups in total. The van der Waals surface area contributed by atoms with Gasteiger partial charge in [0.15, 0.2) is 5.72 Å². The molecule has 0 radical (unpaired) electrons. The molecule has 45 heavy (non-hydrogen) atoms. The van der Waals surface area contributed by atoms with Gasteiger partial charge in [-0.15, -0.1) is 0 Å². The molecule has 242 valence electrons. The molecule has 1 aliphatic rings. The van der Waals surface area contributed by atoms with Gasteiger partial charge in [-0.25, -0.2) is 0 Å². The predicted octanol–water partition coefficient (Wildman–Crippen LogP) is 6.82. The number of amides is 1. The van der Waals surface area contributed by atoms with Crippen LogP contribution >= 0.6 is 11.6 Å². The number of unbranched alkanes of at least 4 members (excludes halogenated alkanes) is 3. The molecule has 1 aromatic heterocycles. The van der Waals surface area contributed by atoms with Crippen molar-refractivity contribution in [1.82, 2.24) is 9.88 Å². The lowest BCUT2D eigenvalue weighted by Gasteiger charge is -2.33. The van der Waals surface area contributed by atoms with E-state index in [4.69, 9.17) is 11.6 Å². The molecule has 0 spiro atoms. The summed E-state index contributed by atoms with van der Waals surface area (Å²) in [5.41, 5.74) is -3.06. The summed E-state index contributed by atoms with van der Waals surface area (Å²) in [6.45, 7) is 0.0632. The Morgan fingerprint density at radius 1 is 1.00 bits per heavy atom. The number of hydrogen-bond acceptors (Lipinski definition) is 6. The summed E-state index contributed by atoms with van der Waals surface area (Å²) in [7, 11) is -1.88. The molecule has 0 fully saturated rings. The zero-order valence-electron chi connectivity index (χ0n) is 23.6. The first-order valence-electron chi connectivity index (χ1n) is 13.8. The molecule has 0 saturated carbocycles. The van der Waals surface area contributed by atoms with Crippen LogP contribution in [0.15, 0.2) is 71.3 Å². The monoisotopic (exact) mass is 675 g/mol. The van der Waals surface area contributed by atoms with E-state index in [1.54, 1.807) is 24.3 Å². The topological polar surface area (TPSA) is 99.6 Å². The van der Waals surface area contributed by atoms with E-state index in [2.05, 4.69) is 10.3 Å². The second kappa shape index (κ2) is 13.9. The normalized spacial score (nSPS) is 17.9. The van der Waals surface area contributed by atoms with Crippen LogP contribution < -0.4 is 5.32 Å². The highest BCUT2D eigenvalue weighted by Gasteiger charge is 2.47. The maximum atomic E-state index is 13.2. The fourth-order valence-corrected chi connectivity index (χ4v) is 6.36. The minimum Gasteiger partial charge on any atom is -0.384 e. The minimum atomic E-state index is -5.09. The number of ketones is 1. The van der Waals surface area contributed by atoms with Crippen LogP contribution in [-0.4, -0.2) is 67.8 Å². The van der Waals surface area contributed by atoms with Crippen molar-refractivity contribution in [2.24, 2.45) is 0 Å². The smallest absolute Gasteiger partial charge is 0.384 e. The van der Waals surface area contributed by atoms with E-state index < -0.39 is 63.9 Å². The van der Waals surface area contributed by atoms with Gasteiger partial charge in [-0.1, -0.05) is 42.6 Å². The molecule has 3 aromatic rings. The second-order valence-corrected chi connectivity index (χ2v) is 12.4. The van der Waals surface area contributed by atoms with Crippen molar-refractivity contribution in [2.45, 2.75) is 55.1 Å². The van der Waals surface area contributed by atoms with Crippen molar-refractivity contribution < 1.29 is 45.2 Å². The average molecular weight is 676 g/mol. The van der Waals surface area contributed by atoms with E-state index in [-0.39, 0.29) is 30.1 Å². The Kier molecular flexibility index (Phi) is 10.6. The number of aliphatic hydroxyl groups is 1. The maximum absolute atomic E-state index is 13.2. The van der Waals surface area contributed by atoms with Crippen LogP contribution in [0.1, 0.15) is 42.5 Å². The highest BCUT2D eigenvalue weighted by molar-refractivity contribution is 7.85. The lowest BCUT2D eigenvalue weighted by atomic mass is 10.1.